The molecular weight excluding hydrogens is 287 g/mol. The third-order valence-corrected chi connectivity index (χ3v) is 2.67. The zero-order chi connectivity index (χ0) is 15.5. The third-order valence-electron chi connectivity index (χ3n) is 2.67. The Bertz CT molecular complexity index is 620. The number of aromatic nitrogens is 2. The molecule has 0 radical (unpaired) electrons. The van der Waals surface area contributed by atoms with E-state index in [1.807, 2.05) is 0 Å². The van der Waals surface area contributed by atoms with Crippen molar-refractivity contribution in [2.24, 2.45) is 5.73 Å². The van der Waals surface area contributed by atoms with Crippen molar-refractivity contribution in [3.05, 3.63) is 47.9 Å². The van der Waals surface area contributed by atoms with E-state index in [4.69, 9.17) is 10.5 Å². The SMILES string of the molecule is COc1cc(C(N)c2ccccc2OC(F)(F)F)ncn1. The molecule has 2 N–H and O–H groups in total. The van der Waals surface area contributed by atoms with E-state index < -0.39 is 12.4 Å². The zero-order valence-electron chi connectivity index (χ0n) is 11.0. The highest BCUT2D eigenvalue weighted by Crippen LogP contribution is 2.31. The summed E-state index contributed by atoms with van der Waals surface area (Å²) < 4.78 is 46.1. The van der Waals surface area contributed by atoms with E-state index in [1.54, 1.807) is 6.07 Å². The van der Waals surface area contributed by atoms with Crippen LogP contribution in [0.3, 0.4) is 0 Å². The molecule has 0 saturated carbocycles. The number of benzene rings is 1. The molecule has 2 aromatic rings. The molecule has 5 nitrogen and oxygen atoms in total. The van der Waals surface area contributed by atoms with Gasteiger partial charge in [0.25, 0.3) is 0 Å². The van der Waals surface area contributed by atoms with Crippen LogP contribution in [0.4, 0.5) is 13.2 Å². The summed E-state index contributed by atoms with van der Waals surface area (Å²) in [6.45, 7) is 0. The van der Waals surface area contributed by atoms with Crippen LogP contribution in [0.1, 0.15) is 17.3 Å². The maximum atomic E-state index is 12.4. The number of methoxy groups -OCH3 is 1. The van der Waals surface area contributed by atoms with Gasteiger partial charge in [-0.15, -0.1) is 13.2 Å². The lowest BCUT2D eigenvalue weighted by Gasteiger charge is -2.17. The van der Waals surface area contributed by atoms with Crippen molar-refractivity contribution in [2.45, 2.75) is 12.4 Å². The minimum atomic E-state index is -4.79. The number of para-hydroxylation sites is 1. The maximum Gasteiger partial charge on any atom is 0.573 e. The number of nitrogens with two attached hydrogens (primary N) is 1. The fourth-order valence-corrected chi connectivity index (χ4v) is 1.75. The van der Waals surface area contributed by atoms with Gasteiger partial charge in [0.1, 0.15) is 12.1 Å². The minimum Gasteiger partial charge on any atom is -0.481 e. The zero-order valence-corrected chi connectivity index (χ0v) is 11.0. The molecule has 112 valence electrons. The number of rotatable bonds is 4. The molecule has 0 bridgehead atoms. The quantitative estimate of drug-likeness (QED) is 0.939. The Balaban J connectivity index is 2.36. The molecule has 21 heavy (non-hydrogen) atoms. The fourth-order valence-electron chi connectivity index (χ4n) is 1.75. The van der Waals surface area contributed by atoms with Crippen molar-refractivity contribution >= 4 is 0 Å². The van der Waals surface area contributed by atoms with Gasteiger partial charge in [-0.2, -0.15) is 0 Å². The molecule has 1 unspecified atom stereocenters. The molecule has 0 aliphatic carbocycles. The summed E-state index contributed by atoms with van der Waals surface area (Å²) in [4.78, 5) is 7.76. The van der Waals surface area contributed by atoms with E-state index in [0.29, 0.717) is 5.69 Å². The van der Waals surface area contributed by atoms with Crippen molar-refractivity contribution in [3.8, 4) is 11.6 Å². The molecule has 0 fully saturated rings. The minimum absolute atomic E-state index is 0.163. The largest absolute Gasteiger partial charge is 0.573 e. The molecule has 1 atom stereocenters. The van der Waals surface area contributed by atoms with E-state index in [0.717, 1.165) is 0 Å². The van der Waals surface area contributed by atoms with Crippen LogP contribution in [0.15, 0.2) is 36.7 Å². The number of ether oxygens (including phenoxy) is 2. The van der Waals surface area contributed by atoms with Crippen molar-refractivity contribution in [3.63, 3.8) is 0 Å². The number of halogens is 3. The van der Waals surface area contributed by atoms with E-state index >= 15 is 0 Å². The van der Waals surface area contributed by atoms with Gasteiger partial charge in [-0.1, -0.05) is 18.2 Å². The lowest BCUT2D eigenvalue weighted by atomic mass is 10.0. The Labute approximate surface area is 118 Å². The van der Waals surface area contributed by atoms with Gasteiger partial charge in [0.05, 0.1) is 18.8 Å². The van der Waals surface area contributed by atoms with Crippen molar-refractivity contribution in [1.82, 2.24) is 9.97 Å². The highest BCUT2D eigenvalue weighted by atomic mass is 19.4. The Kier molecular flexibility index (Phi) is 4.27. The summed E-state index contributed by atoms with van der Waals surface area (Å²) >= 11 is 0. The predicted octanol–water partition coefficient (Wildman–Crippen LogP) is 2.43. The van der Waals surface area contributed by atoms with Crippen LogP contribution in [0.2, 0.25) is 0 Å². The Hall–Kier alpha value is -2.35. The first kappa shape index (κ1) is 15.0. The van der Waals surface area contributed by atoms with Gasteiger partial charge in [-0.3, -0.25) is 0 Å². The van der Waals surface area contributed by atoms with Crippen LogP contribution in [0.25, 0.3) is 0 Å². The summed E-state index contributed by atoms with van der Waals surface area (Å²) in [5, 5.41) is 0. The van der Waals surface area contributed by atoms with E-state index in [-0.39, 0.29) is 17.2 Å². The highest BCUT2D eigenvalue weighted by molar-refractivity contribution is 5.40. The first-order chi connectivity index (χ1) is 9.90. The van der Waals surface area contributed by atoms with Crippen molar-refractivity contribution in [1.29, 1.82) is 0 Å². The van der Waals surface area contributed by atoms with Crippen molar-refractivity contribution in [2.75, 3.05) is 7.11 Å². The molecule has 0 spiro atoms. The second-order valence-electron chi connectivity index (χ2n) is 4.05. The average molecular weight is 299 g/mol. The monoisotopic (exact) mass is 299 g/mol. The Morgan fingerprint density at radius 3 is 2.57 bits per heavy atom. The Morgan fingerprint density at radius 1 is 1.19 bits per heavy atom. The highest BCUT2D eigenvalue weighted by Gasteiger charge is 2.32. The smallest absolute Gasteiger partial charge is 0.481 e. The van der Waals surface area contributed by atoms with Crippen LogP contribution >= 0.6 is 0 Å². The average Bonchev–Trinajstić information content (AvgIpc) is 2.45. The van der Waals surface area contributed by atoms with Crippen LogP contribution in [0, 0.1) is 0 Å². The van der Waals surface area contributed by atoms with Gasteiger partial charge >= 0.3 is 6.36 Å². The van der Waals surface area contributed by atoms with E-state index in [1.165, 1.54) is 37.7 Å². The lowest BCUT2D eigenvalue weighted by molar-refractivity contribution is -0.274. The van der Waals surface area contributed by atoms with E-state index in [2.05, 4.69) is 14.7 Å². The predicted molar refractivity (Wildman–Crippen MR) is 67.7 cm³/mol. The van der Waals surface area contributed by atoms with Crippen LogP contribution in [0.5, 0.6) is 11.6 Å². The van der Waals surface area contributed by atoms with Gasteiger partial charge in [0.15, 0.2) is 0 Å². The molecule has 0 saturated heterocycles. The van der Waals surface area contributed by atoms with Gasteiger partial charge in [0.2, 0.25) is 5.88 Å². The molecule has 2 rings (SSSR count). The summed E-state index contributed by atoms with van der Waals surface area (Å²) in [5.74, 6) is -0.0975. The number of alkyl halides is 3. The number of hydrogen-bond acceptors (Lipinski definition) is 5. The van der Waals surface area contributed by atoms with Gasteiger partial charge < -0.3 is 15.2 Å². The summed E-state index contributed by atoms with van der Waals surface area (Å²) in [6.07, 6.45) is -3.57. The summed E-state index contributed by atoms with van der Waals surface area (Å²) in [6, 6.07) is 6.19. The van der Waals surface area contributed by atoms with Crippen molar-refractivity contribution < 1.29 is 22.6 Å². The maximum absolute atomic E-state index is 12.4. The lowest BCUT2D eigenvalue weighted by Crippen LogP contribution is -2.21. The summed E-state index contributed by atoms with van der Waals surface area (Å²) in [5.41, 5.74) is 6.45. The van der Waals surface area contributed by atoms with E-state index in [9.17, 15) is 13.2 Å². The van der Waals surface area contributed by atoms with Crippen LogP contribution in [-0.2, 0) is 0 Å². The van der Waals surface area contributed by atoms with Gasteiger partial charge in [0, 0.05) is 11.6 Å². The van der Waals surface area contributed by atoms with Crippen LogP contribution in [-0.4, -0.2) is 23.4 Å². The fraction of sp³-hybridized carbons (Fsp3) is 0.231. The van der Waals surface area contributed by atoms with Gasteiger partial charge in [-0.05, 0) is 6.07 Å². The first-order valence-electron chi connectivity index (χ1n) is 5.87. The second kappa shape index (κ2) is 5.96. The second-order valence-corrected chi connectivity index (χ2v) is 4.05. The number of hydrogen-bond donors (Lipinski definition) is 1. The topological polar surface area (TPSA) is 70.3 Å². The molecule has 1 aromatic heterocycles. The molecule has 0 amide bonds. The molecule has 0 aliphatic rings. The number of nitrogens with zero attached hydrogens (tertiary/aromatic N) is 2. The summed E-state index contributed by atoms with van der Waals surface area (Å²) in [7, 11) is 1.42. The standard InChI is InChI=1S/C13H12F3N3O2/c1-20-11-6-9(18-7-19-11)12(17)8-4-2-3-5-10(8)21-13(14,15)16/h2-7,12H,17H2,1H3. The van der Waals surface area contributed by atoms with Gasteiger partial charge in [-0.25, -0.2) is 9.97 Å². The normalized spacial score (nSPS) is 12.8. The molecule has 1 heterocycles. The molecule has 8 heteroatoms. The first-order valence-corrected chi connectivity index (χ1v) is 5.87. The Morgan fingerprint density at radius 2 is 1.90 bits per heavy atom. The molecular formula is C13H12F3N3O2. The third kappa shape index (κ3) is 3.82. The van der Waals surface area contributed by atoms with Crippen LogP contribution < -0.4 is 15.2 Å². The molecule has 1 aromatic carbocycles. The molecule has 0 aliphatic heterocycles.